The molecule has 13 heavy (non-hydrogen) atoms. The monoisotopic (exact) mass is 315 g/mol. The molecule has 1 rings (SSSR count). The van der Waals surface area contributed by atoms with E-state index >= 15 is 0 Å². The Hall–Kier alpha value is 0.190. The summed E-state index contributed by atoms with van der Waals surface area (Å²) < 4.78 is 11.3. The molecule has 0 atom stereocenters. The van der Waals surface area contributed by atoms with Crippen LogP contribution in [0.3, 0.4) is 0 Å². The Balaban J connectivity index is 2.60. The lowest BCUT2D eigenvalue weighted by Gasteiger charge is -2.18. The van der Waals surface area contributed by atoms with Gasteiger partial charge in [0.05, 0.1) is 9.17 Å². The maximum absolute atomic E-state index is 5.71. The predicted molar refractivity (Wildman–Crippen MR) is 58.8 cm³/mol. The number of hydrogen-bond acceptors (Lipinski definition) is 3. The molecule has 0 aliphatic heterocycles. The van der Waals surface area contributed by atoms with Crippen molar-refractivity contribution in [1.82, 2.24) is 5.16 Å². The summed E-state index contributed by atoms with van der Waals surface area (Å²) in [7, 11) is 0. The zero-order valence-corrected chi connectivity index (χ0v) is 10.6. The number of aromatic nitrogens is 1. The second kappa shape index (κ2) is 4.14. The van der Waals surface area contributed by atoms with E-state index in [0.717, 1.165) is 3.57 Å². The number of ether oxygens (including phenoxy) is 1. The van der Waals surface area contributed by atoms with Crippen molar-refractivity contribution in [2.45, 2.75) is 33.0 Å². The molecule has 0 fully saturated rings. The van der Waals surface area contributed by atoms with E-state index in [1.54, 1.807) is 0 Å². The van der Waals surface area contributed by atoms with Crippen LogP contribution >= 0.6 is 34.2 Å². The van der Waals surface area contributed by atoms with Crippen molar-refractivity contribution < 1.29 is 9.26 Å². The van der Waals surface area contributed by atoms with Crippen molar-refractivity contribution in [3.05, 3.63) is 14.5 Å². The van der Waals surface area contributed by atoms with Gasteiger partial charge in [0.1, 0.15) is 6.61 Å². The first-order valence-electron chi connectivity index (χ1n) is 3.83. The molecule has 1 heterocycles. The van der Waals surface area contributed by atoms with Gasteiger partial charge in [-0.2, -0.15) is 0 Å². The molecule has 3 nitrogen and oxygen atoms in total. The van der Waals surface area contributed by atoms with Gasteiger partial charge in [-0.1, -0.05) is 16.8 Å². The molecule has 74 valence electrons. The van der Waals surface area contributed by atoms with Crippen LogP contribution in [0.4, 0.5) is 0 Å². The fourth-order valence-corrected chi connectivity index (χ4v) is 1.15. The number of halogens is 2. The topological polar surface area (TPSA) is 35.3 Å². The van der Waals surface area contributed by atoms with Crippen molar-refractivity contribution >= 4 is 34.2 Å². The smallest absolute Gasteiger partial charge is 0.185 e. The van der Waals surface area contributed by atoms with Crippen LogP contribution in [0.2, 0.25) is 5.15 Å². The molecule has 0 aliphatic carbocycles. The van der Waals surface area contributed by atoms with Gasteiger partial charge >= 0.3 is 0 Å². The highest BCUT2D eigenvalue weighted by atomic mass is 127. The summed E-state index contributed by atoms with van der Waals surface area (Å²) in [6, 6.07) is 0. The summed E-state index contributed by atoms with van der Waals surface area (Å²) in [5.41, 5.74) is -0.178. The van der Waals surface area contributed by atoms with E-state index in [-0.39, 0.29) is 5.60 Å². The fraction of sp³-hybridized carbons (Fsp3) is 0.625. The maximum atomic E-state index is 5.71. The number of nitrogens with zero attached hydrogens (tertiary/aromatic N) is 1. The van der Waals surface area contributed by atoms with Crippen LogP contribution < -0.4 is 0 Å². The van der Waals surface area contributed by atoms with E-state index in [9.17, 15) is 0 Å². The standard InChI is InChI=1S/C8H11ClINO2/c1-8(2,3)12-4-5-6(10)7(9)11-13-5/h4H2,1-3H3. The molecule has 0 saturated heterocycles. The summed E-state index contributed by atoms with van der Waals surface area (Å²) in [6.45, 7) is 6.36. The Morgan fingerprint density at radius 1 is 1.54 bits per heavy atom. The second-order valence-electron chi connectivity index (χ2n) is 3.61. The van der Waals surface area contributed by atoms with Gasteiger partial charge in [-0.15, -0.1) is 0 Å². The molecule has 0 radical (unpaired) electrons. The van der Waals surface area contributed by atoms with Gasteiger partial charge < -0.3 is 9.26 Å². The van der Waals surface area contributed by atoms with Gasteiger partial charge in [0.25, 0.3) is 0 Å². The van der Waals surface area contributed by atoms with Gasteiger partial charge in [0.15, 0.2) is 10.9 Å². The molecule has 5 heteroatoms. The van der Waals surface area contributed by atoms with Gasteiger partial charge in [0.2, 0.25) is 0 Å². The van der Waals surface area contributed by atoms with Crippen LogP contribution in [0.1, 0.15) is 26.5 Å². The molecule has 0 aromatic carbocycles. The maximum Gasteiger partial charge on any atom is 0.185 e. The van der Waals surface area contributed by atoms with Gasteiger partial charge in [0, 0.05) is 0 Å². The Kier molecular flexibility index (Phi) is 3.59. The summed E-state index contributed by atoms with van der Waals surface area (Å²) in [4.78, 5) is 0. The minimum Gasteiger partial charge on any atom is -0.368 e. The zero-order valence-electron chi connectivity index (χ0n) is 7.73. The lowest BCUT2D eigenvalue weighted by atomic mass is 10.2. The predicted octanol–water partition coefficient (Wildman–Crippen LogP) is 3.25. The van der Waals surface area contributed by atoms with E-state index in [1.807, 2.05) is 20.8 Å². The first kappa shape index (κ1) is 11.3. The molecule has 0 spiro atoms. The first-order chi connectivity index (χ1) is 5.90. The second-order valence-corrected chi connectivity index (χ2v) is 5.05. The van der Waals surface area contributed by atoms with E-state index in [4.69, 9.17) is 20.9 Å². The van der Waals surface area contributed by atoms with Gasteiger partial charge in [-0.25, -0.2) is 0 Å². The van der Waals surface area contributed by atoms with Crippen molar-refractivity contribution in [1.29, 1.82) is 0 Å². The molecule has 0 amide bonds. The van der Waals surface area contributed by atoms with E-state index < -0.39 is 0 Å². The normalized spacial score (nSPS) is 12.1. The van der Waals surface area contributed by atoms with Crippen LogP contribution in [0.15, 0.2) is 4.52 Å². The summed E-state index contributed by atoms with van der Waals surface area (Å²) >= 11 is 7.79. The van der Waals surface area contributed by atoms with Crippen LogP contribution in [-0.2, 0) is 11.3 Å². The minimum atomic E-state index is -0.178. The minimum absolute atomic E-state index is 0.178. The summed E-state index contributed by atoms with van der Waals surface area (Å²) in [5.74, 6) is 0.681. The van der Waals surface area contributed by atoms with E-state index in [2.05, 4.69) is 27.7 Å². The molecule has 0 bridgehead atoms. The van der Waals surface area contributed by atoms with Crippen molar-refractivity contribution in [2.75, 3.05) is 0 Å². The first-order valence-corrected chi connectivity index (χ1v) is 5.29. The van der Waals surface area contributed by atoms with Gasteiger partial charge in [-0.3, -0.25) is 0 Å². The average molecular weight is 316 g/mol. The van der Waals surface area contributed by atoms with Crippen LogP contribution in [-0.4, -0.2) is 10.8 Å². The number of hydrogen-bond donors (Lipinski definition) is 0. The lowest BCUT2D eigenvalue weighted by Crippen LogP contribution is -2.18. The molecule has 1 aromatic rings. The third-order valence-electron chi connectivity index (χ3n) is 1.30. The van der Waals surface area contributed by atoms with Crippen molar-refractivity contribution in [2.24, 2.45) is 0 Å². The highest BCUT2D eigenvalue weighted by Crippen LogP contribution is 2.23. The largest absolute Gasteiger partial charge is 0.368 e. The van der Waals surface area contributed by atoms with Crippen molar-refractivity contribution in [3.8, 4) is 0 Å². The van der Waals surface area contributed by atoms with Crippen LogP contribution in [0.5, 0.6) is 0 Å². The highest BCUT2D eigenvalue weighted by Gasteiger charge is 2.16. The molecule has 1 aromatic heterocycles. The van der Waals surface area contributed by atoms with Gasteiger partial charge in [-0.05, 0) is 43.4 Å². The summed E-state index contributed by atoms with van der Waals surface area (Å²) in [5, 5.41) is 4.02. The molecule has 0 saturated carbocycles. The SMILES string of the molecule is CC(C)(C)OCc1onc(Cl)c1I. The molecule has 0 aliphatic rings. The quantitative estimate of drug-likeness (QED) is 0.786. The third kappa shape index (κ3) is 3.44. The molecular weight excluding hydrogens is 304 g/mol. The van der Waals surface area contributed by atoms with Crippen LogP contribution in [0.25, 0.3) is 0 Å². The zero-order chi connectivity index (χ0) is 10.1. The lowest BCUT2D eigenvalue weighted by molar-refractivity contribution is -0.0245. The summed E-state index contributed by atoms with van der Waals surface area (Å²) in [6.07, 6.45) is 0. The van der Waals surface area contributed by atoms with Crippen molar-refractivity contribution in [3.63, 3.8) is 0 Å². The Morgan fingerprint density at radius 2 is 2.15 bits per heavy atom. The Labute approximate surface area is 95.9 Å². The Morgan fingerprint density at radius 3 is 2.54 bits per heavy atom. The fourth-order valence-electron chi connectivity index (χ4n) is 0.662. The average Bonchev–Trinajstić information content (AvgIpc) is 2.29. The van der Waals surface area contributed by atoms with E-state index in [0.29, 0.717) is 17.5 Å². The van der Waals surface area contributed by atoms with E-state index in [1.165, 1.54) is 0 Å². The highest BCUT2D eigenvalue weighted by molar-refractivity contribution is 14.1. The van der Waals surface area contributed by atoms with Crippen LogP contribution in [0, 0.1) is 3.57 Å². The molecular formula is C8H11ClINO2. The molecule has 0 unspecified atom stereocenters. The number of rotatable bonds is 2. The Bertz CT molecular complexity index is 293. The molecule has 0 N–H and O–H groups in total. The third-order valence-corrected chi connectivity index (χ3v) is 2.99.